The molecule has 1 aliphatic heterocycles. The van der Waals surface area contributed by atoms with Crippen molar-refractivity contribution in [2.24, 2.45) is 0 Å². The van der Waals surface area contributed by atoms with E-state index in [1.165, 1.54) is 11.5 Å². The summed E-state index contributed by atoms with van der Waals surface area (Å²) in [5.74, 6) is 5.21. The third kappa shape index (κ3) is 4.17. The molecule has 2 heterocycles. The molecule has 1 aromatic heterocycles. The second-order valence-corrected chi connectivity index (χ2v) is 6.94. The number of aromatic nitrogens is 2. The molecule has 1 aromatic rings. The zero-order chi connectivity index (χ0) is 12.8. The molecule has 102 valence electrons. The molecule has 1 N–H and O–H groups in total. The highest BCUT2D eigenvalue weighted by atomic mass is 32.2. The Hall–Kier alpha value is -0.200. The Kier molecular flexibility index (Phi) is 5.85. The molecular weight excluding hydrogens is 266 g/mol. The topological polar surface area (TPSA) is 51.0 Å². The van der Waals surface area contributed by atoms with E-state index in [2.05, 4.69) is 29.3 Å². The van der Waals surface area contributed by atoms with Gasteiger partial charge in [0.05, 0.1) is 5.25 Å². The van der Waals surface area contributed by atoms with Crippen LogP contribution in [0.5, 0.6) is 0 Å². The summed E-state index contributed by atoms with van der Waals surface area (Å²) in [5.41, 5.74) is 0. The van der Waals surface area contributed by atoms with Crippen molar-refractivity contribution in [1.82, 2.24) is 15.5 Å². The van der Waals surface area contributed by atoms with E-state index in [1.54, 1.807) is 0 Å². The molecule has 6 heteroatoms. The van der Waals surface area contributed by atoms with E-state index in [4.69, 9.17) is 4.52 Å². The van der Waals surface area contributed by atoms with Gasteiger partial charge in [-0.25, -0.2) is 0 Å². The Morgan fingerprint density at radius 2 is 2.39 bits per heavy atom. The Labute approximate surface area is 117 Å². The molecule has 0 saturated carbocycles. The summed E-state index contributed by atoms with van der Waals surface area (Å²) >= 11 is 3.92. The lowest BCUT2D eigenvalue weighted by Gasteiger charge is -2.17. The molecule has 0 aromatic carbocycles. The summed E-state index contributed by atoms with van der Waals surface area (Å²) in [5, 5.41) is 7.94. The summed E-state index contributed by atoms with van der Waals surface area (Å²) in [6, 6.07) is 0.505. The molecule has 0 spiro atoms. The van der Waals surface area contributed by atoms with Crippen LogP contribution in [0.15, 0.2) is 4.52 Å². The number of rotatable bonds is 6. The largest absolute Gasteiger partial charge is 0.339 e. The molecule has 0 bridgehead atoms. The molecular formula is C12H21N3OS2. The van der Waals surface area contributed by atoms with Crippen molar-refractivity contribution in [3.05, 3.63) is 11.7 Å². The van der Waals surface area contributed by atoms with Crippen LogP contribution in [0, 0.1) is 0 Å². The van der Waals surface area contributed by atoms with E-state index in [-0.39, 0.29) is 0 Å². The molecule has 0 aliphatic carbocycles. The Morgan fingerprint density at radius 1 is 1.50 bits per heavy atom. The van der Waals surface area contributed by atoms with Gasteiger partial charge in [0.15, 0.2) is 5.82 Å². The molecule has 2 atom stereocenters. The zero-order valence-electron chi connectivity index (χ0n) is 11.0. The van der Waals surface area contributed by atoms with Gasteiger partial charge in [0.25, 0.3) is 0 Å². The van der Waals surface area contributed by atoms with Crippen LogP contribution >= 0.6 is 23.5 Å². The molecule has 1 saturated heterocycles. The summed E-state index contributed by atoms with van der Waals surface area (Å²) in [4.78, 5) is 4.53. The Balaban J connectivity index is 1.82. The fourth-order valence-corrected chi connectivity index (χ4v) is 4.52. The minimum atomic E-state index is 0.424. The maximum absolute atomic E-state index is 5.33. The SMILES string of the molecule is CCNC(C)CCc1nc(C2CSCCS2)no1. The first kappa shape index (κ1) is 14.2. The molecule has 0 radical (unpaired) electrons. The molecule has 2 rings (SSSR count). The van der Waals surface area contributed by atoms with Crippen molar-refractivity contribution in [3.8, 4) is 0 Å². The van der Waals surface area contributed by atoms with E-state index in [0.717, 1.165) is 36.9 Å². The van der Waals surface area contributed by atoms with Crippen molar-refractivity contribution in [3.63, 3.8) is 0 Å². The van der Waals surface area contributed by atoms with Crippen molar-refractivity contribution in [1.29, 1.82) is 0 Å². The third-order valence-electron chi connectivity index (χ3n) is 2.93. The van der Waals surface area contributed by atoms with Crippen LogP contribution in [-0.2, 0) is 6.42 Å². The Bertz CT molecular complexity index is 353. The fraction of sp³-hybridized carbons (Fsp3) is 0.833. The summed E-state index contributed by atoms with van der Waals surface area (Å²) < 4.78 is 5.33. The lowest BCUT2D eigenvalue weighted by Crippen LogP contribution is -2.25. The summed E-state index contributed by atoms with van der Waals surface area (Å²) in [7, 11) is 0. The molecule has 0 amide bonds. The van der Waals surface area contributed by atoms with Gasteiger partial charge in [-0.05, 0) is 19.9 Å². The average molecular weight is 287 g/mol. The number of hydrogen-bond acceptors (Lipinski definition) is 6. The predicted octanol–water partition coefficient (Wildman–Crippen LogP) is 2.52. The van der Waals surface area contributed by atoms with E-state index in [1.807, 2.05) is 23.5 Å². The van der Waals surface area contributed by atoms with Crippen molar-refractivity contribution in [2.75, 3.05) is 23.8 Å². The van der Waals surface area contributed by atoms with Crippen LogP contribution in [0.3, 0.4) is 0 Å². The van der Waals surface area contributed by atoms with E-state index in [9.17, 15) is 0 Å². The van der Waals surface area contributed by atoms with Gasteiger partial charge in [-0.2, -0.15) is 16.7 Å². The molecule has 18 heavy (non-hydrogen) atoms. The minimum Gasteiger partial charge on any atom is -0.339 e. The monoisotopic (exact) mass is 287 g/mol. The van der Waals surface area contributed by atoms with Gasteiger partial charge >= 0.3 is 0 Å². The minimum absolute atomic E-state index is 0.424. The van der Waals surface area contributed by atoms with Crippen LogP contribution in [0.2, 0.25) is 0 Å². The van der Waals surface area contributed by atoms with E-state index in [0.29, 0.717) is 11.3 Å². The quantitative estimate of drug-likeness (QED) is 0.867. The summed E-state index contributed by atoms with van der Waals surface area (Å²) in [6.07, 6.45) is 1.91. The molecule has 4 nitrogen and oxygen atoms in total. The van der Waals surface area contributed by atoms with Crippen LogP contribution in [0.4, 0.5) is 0 Å². The molecule has 2 unspecified atom stereocenters. The second-order valence-electron chi connectivity index (χ2n) is 4.48. The number of hydrogen-bond donors (Lipinski definition) is 1. The first-order valence-electron chi connectivity index (χ1n) is 6.54. The number of nitrogens with one attached hydrogen (secondary N) is 1. The van der Waals surface area contributed by atoms with Crippen molar-refractivity contribution in [2.45, 2.75) is 38.0 Å². The van der Waals surface area contributed by atoms with E-state index < -0.39 is 0 Å². The second kappa shape index (κ2) is 7.40. The number of thioether (sulfide) groups is 2. The normalized spacial score (nSPS) is 22.0. The predicted molar refractivity (Wildman–Crippen MR) is 78.3 cm³/mol. The number of nitrogens with zero attached hydrogens (tertiary/aromatic N) is 2. The van der Waals surface area contributed by atoms with Gasteiger partial charge in [-0.1, -0.05) is 12.1 Å². The van der Waals surface area contributed by atoms with Crippen LogP contribution in [0.1, 0.15) is 37.2 Å². The van der Waals surface area contributed by atoms with Crippen LogP contribution in [0.25, 0.3) is 0 Å². The highest BCUT2D eigenvalue weighted by Crippen LogP contribution is 2.35. The van der Waals surface area contributed by atoms with Gasteiger partial charge in [-0.3, -0.25) is 0 Å². The summed E-state index contributed by atoms with van der Waals surface area (Å²) in [6.45, 7) is 5.32. The Morgan fingerprint density at radius 3 is 3.11 bits per heavy atom. The average Bonchev–Trinajstić information content (AvgIpc) is 2.87. The maximum atomic E-state index is 5.33. The van der Waals surface area contributed by atoms with Gasteiger partial charge in [0, 0.05) is 29.7 Å². The lowest BCUT2D eigenvalue weighted by molar-refractivity contribution is 0.363. The van der Waals surface area contributed by atoms with Crippen LogP contribution < -0.4 is 5.32 Å². The smallest absolute Gasteiger partial charge is 0.226 e. The standard InChI is InChI=1S/C12H21N3OS2/c1-3-13-9(2)4-5-11-14-12(15-16-11)10-8-17-6-7-18-10/h9-10,13H,3-8H2,1-2H3. The van der Waals surface area contributed by atoms with Crippen LogP contribution in [-0.4, -0.2) is 40.0 Å². The third-order valence-corrected chi connectivity index (χ3v) is 5.68. The van der Waals surface area contributed by atoms with Crippen molar-refractivity contribution >= 4 is 23.5 Å². The molecule has 1 fully saturated rings. The first-order chi connectivity index (χ1) is 8.79. The van der Waals surface area contributed by atoms with Gasteiger partial charge in [-0.15, -0.1) is 11.8 Å². The molecule has 1 aliphatic rings. The fourth-order valence-electron chi connectivity index (χ4n) is 1.93. The maximum Gasteiger partial charge on any atom is 0.226 e. The highest BCUT2D eigenvalue weighted by molar-refractivity contribution is 8.06. The van der Waals surface area contributed by atoms with Gasteiger partial charge in [0.1, 0.15) is 0 Å². The zero-order valence-corrected chi connectivity index (χ0v) is 12.6. The number of aryl methyl sites for hydroxylation is 1. The highest BCUT2D eigenvalue weighted by Gasteiger charge is 2.21. The van der Waals surface area contributed by atoms with E-state index >= 15 is 0 Å². The van der Waals surface area contributed by atoms with Gasteiger partial charge in [0.2, 0.25) is 5.89 Å². The lowest BCUT2D eigenvalue weighted by atomic mass is 10.2. The van der Waals surface area contributed by atoms with Crippen molar-refractivity contribution < 1.29 is 4.52 Å². The first-order valence-corrected chi connectivity index (χ1v) is 8.75. The van der Waals surface area contributed by atoms with Gasteiger partial charge < -0.3 is 9.84 Å².